The molecular weight excluding hydrogens is 1340 g/mol. The van der Waals surface area contributed by atoms with Crippen LogP contribution in [0.3, 0.4) is 0 Å². The highest BCUT2D eigenvalue weighted by Crippen LogP contribution is 2.41. The summed E-state index contributed by atoms with van der Waals surface area (Å²) in [6.07, 6.45) is 3.56. The van der Waals surface area contributed by atoms with Gasteiger partial charge in [0.05, 0.1) is 44.5 Å². The molecule has 4 saturated carbocycles. The van der Waals surface area contributed by atoms with Gasteiger partial charge in [-0.25, -0.2) is 0 Å². The van der Waals surface area contributed by atoms with Crippen LogP contribution in [0.2, 0.25) is 0 Å². The molecule has 7 aromatic rings. The predicted octanol–water partition coefficient (Wildman–Crippen LogP) is 13.7. The van der Waals surface area contributed by atoms with Crippen LogP contribution >= 0.6 is 0 Å². The lowest BCUT2D eigenvalue weighted by molar-refractivity contribution is 0.0817. The SMILES string of the molecule is Cc1cc2c(O)c(c1)C(=O)NC1CC(NC(=O)c3cc(C)cc4c3Oc3ccc(cc3)-c3ccc(cc3)-c3ccc(cc3)Oc3c(cc(C)cc3C(=O)NC3CC(NC(=O)c5cc(C)cc(c5O)C(=O)NC5CC(NC4=O)C(C)CC5C)C(C)CC3C)C(=O)NC3CC(NC2=O)C(C)CC3C)C(C)CC1C. The van der Waals surface area contributed by atoms with Gasteiger partial charge in [0.25, 0.3) is 47.3 Å². The summed E-state index contributed by atoms with van der Waals surface area (Å²) in [5.41, 5.74) is 5.82. The van der Waals surface area contributed by atoms with Crippen molar-refractivity contribution in [2.24, 2.45) is 47.3 Å². The molecule has 8 aliphatic heterocycles. The number of phenols is 2. The number of carbonyl (C=O) groups is 8. The Hall–Kier alpha value is -10.5. The van der Waals surface area contributed by atoms with Gasteiger partial charge in [-0.05, 0) is 244 Å². The highest BCUT2D eigenvalue weighted by atomic mass is 16.5. The minimum Gasteiger partial charge on any atom is -0.506 e. The van der Waals surface area contributed by atoms with Gasteiger partial charge in [-0.1, -0.05) is 104 Å². The molecule has 0 saturated heterocycles. The smallest absolute Gasteiger partial charge is 0.255 e. The van der Waals surface area contributed by atoms with Gasteiger partial charge in [0.2, 0.25) is 0 Å². The van der Waals surface area contributed by atoms with Crippen LogP contribution < -0.4 is 52.0 Å². The Bertz CT molecular complexity index is 4140. The van der Waals surface area contributed by atoms with E-state index in [4.69, 9.17) is 9.47 Å². The number of aryl methyl sites for hydroxylation is 4. The number of rotatable bonds is 0. The first-order chi connectivity index (χ1) is 50.5. The maximum atomic E-state index is 15.3. The van der Waals surface area contributed by atoms with Gasteiger partial charge >= 0.3 is 0 Å². The molecule has 554 valence electrons. The van der Waals surface area contributed by atoms with Crippen LogP contribution in [-0.4, -0.2) is 106 Å². The molecule has 0 spiro atoms. The van der Waals surface area contributed by atoms with Gasteiger partial charge in [-0.2, -0.15) is 0 Å². The quantitative estimate of drug-likeness (QED) is 0.0678. The van der Waals surface area contributed by atoms with Crippen molar-refractivity contribution < 1.29 is 58.0 Å². The molecule has 20 bridgehead atoms. The molecule has 19 rings (SSSR count). The monoisotopic (exact) mass is 1430 g/mol. The average Bonchev–Trinajstić information content (AvgIpc) is 0.795. The Balaban J connectivity index is 0.935. The van der Waals surface area contributed by atoms with Crippen molar-refractivity contribution in [1.82, 2.24) is 42.5 Å². The van der Waals surface area contributed by atoms with Crippen LogP contribution in [0, 0.1) is 75.0 Å². The Morgan fingerprint density at radius 1 is 0.255 bits per heavy atom. The minimum atomic E-state index is -0.603. The van der Waals surface area contributed by atoms with E-state index in [0.29, 0.717) is 85.1 Å². The van der Waals surface area contributed by atoms with E-state index in [1.165, 1.54) is 0 Å². The first-order valence-electron chi connectivity index (χ1n) is 37.6. The fourth-order valence-corrected chi connectivity index (χ4v) is 17.4. The minimum absolute atomic E-state index is 0.0113. The second kappa shape index (κ2) is 30.2. The normalized spacial score (nSPS) is 28.1. The summed E-state index contributed by atoms with van der Waals surface area (Å²) in [6.45, 7) is 23.3. The standard InChI is InChI=1S/C86H98N8O12/c1-41-25-59-75(95)60(26-41)80(98)88-68-38-72(50(10)34-46(68)6)92-84(102)64-30-44(4)32-66-78(64)106-58-23-19-56(20-24-58)54-15-13-53(14-16-54)55-17-21-57(22-18-55)105-77-63(83(101)91-71-37-67(87-79(59)97)45(5)33-49(71)9)29-43(3)31-65(77)85(103)93-73-39-69(47(7)35-51(73)11)89-81(99)61-27-42(2)28-62(76(61)96)82(100)90-70-40-74(94-86(66)104)52(12)36-48(70)8/h13-32,45-52,67-74,95-96H,33-40H2,1-12H3,(H,87,97)(H,88,98)(H,89,99)(H,90,100)(H,91,101)(H,92,102)(H,93,103)(H,94,104). The lowest BCUT2D eigenvalue weighted by atomic mass is 9.76. The highest BCUT2D eigenvalue weighted by molar-refractivity contribution is 6.08. The zero-order valence-corrected chi connectivity index (χ0v) is 62.4. The second-order valence-corrected chi connectivity index (χ2v) is 32.0. The van der Waals surface area contributed by atoms with Gasteiger partial charge in [-0.3, -0.25) is 38.4 Å². The number of ether oxygens (including phenoxy) is 2. The number of benzene rings is 7. The van der Waals surface area contributed by atoms with E-state index in [1.54, 1.807) is 100 Å². The first kappa shape index (κ1) is 73.8. The molecule has 20 heteroatoms. The van der Waals surface area contributed by atoms with Crippen LogP contribution in [0.1, 0.15) is 212 Å². The van der Waals surface area contributed by atoms with Crippen molar-refractivity contribution in [3.05, 3.63) is 188 Å². The lowest BCUT2D eigenvalue weighted by Gasteiger charge is -2.40. The molecule has 16 unspecified atom stereocenters. The van der Waals surface area contributed by atoms with Gasteiger partial charge in [-0.15, -0.1) is 0 Å². The number of hydrogen-bond donors (Lipinski definition) is 10. The molecule has 20 nitrogen and oxygen atoms in total. The average molecular weight is 1440 g/mol. The van der Waals surface area contributed by atoms with Crippen molar-refractivity contribution in [3.8, 4) is 56.8 Å². The van der Waals surface area contributed by atoms with Gasteiger partial charge in [0, 0.05) is 48.3 Å². The van der Waals surface area contributed by atoms with Crippen molar-refractivity contribution in [2.45, 2.75) is 183 Å². The molecule has 7 aromatic carbocycles. The third-order valence-corrected chi connectivity index (χ3v) is 23.7. The number of nitrogens with one attached hydrogen (secondary N) is 8. The maximum absolute atomic E-state index is 15.3. The summed E-state index contributed by atoms with van der Waals surface area (Å²) in [6, 6.07) is 31.7. The third-order valence-electron chi connectivity index (χ3n) is 23.7. The topological polar surface area (TPSA) is 292 Å². The number of aromatic hydroxyl groups is 2. The van der Waals surface area contributed by atoms with Crippen LogP contribution in [-0.2, 0) is 0 Å². The molecule has 4 aliphatic carbocycles. The summed E-state index contributed by atoms with van der Waals surface area (Å²) >= 11 is 0. The molecule has 10 N–H and O–H groups in total. The van der Waals surface area contributed by atoms with Crippen LogP contribution in [0.4, 0.5) is 0 Å². The lowest BCUT2D eigenvalue weighted by Crippen LogP contribution is -2.53. The summed E-state index contributed by atoms with van der Waals surface area (Å²) < 4.78 is 13.6. The Labute approximate surface area is 619 Å². The summed E-state index contributed by atoms with van der Waals surface area (Å²) in [5, 5.41) is 49.8. The molecule has 4 fully saturated rings. The summed E-state index contributed by atoms with van der Waals surface area (Å²) in [5.74, 6) is -5.43. The van der Waals surface area contributed by atoms with Crippen LogP contribution in [0.15, 0.2) is 121 Å². The zero-order valence-electron chi connectivity index (χ0n) is 62.4. The van der Waals surface area contributed by atoms with Gasteiger partial charge in [0.15, 0.2) is 11.5 Å². The number of amides is 8. The van der Waals surface area contributed by atoms with E-state index in [0.717, 1.165) is 22.3 Å². The second-order valence-electron chi connectivity index (χ2n) is 32.0. The molecule has 0 radical (unpaired) electrons. The molecule has 8 heterocycles. The van der Waals surface area contributed by atoms with E-state index in [1.807, 2.05) is 104 Å². The largest absolute Gasteiger partial charge is 0.506 e. The Kier molecular flexibility index (Phi) is 21.0. The van der Waals surface area contributed by atoms with Gasteiger partial charge < -0.3 is 62.2 Å². The maximum Gasteiger partial charge on any atom is 0.255 e. The fourth-order valence-electron chi connectivity index (χ4n) is 17.4. The third kappa shape index (κ3) is 15.5. The predicted molar refractivity (Wildman–Crippen MR) is 406 cm³/mol. The van der Waals surface area contributed by atoms with Crippen molar-refractivity contribution in [3.63, 3.8) is 0 Å². The van der Waals surface area contributed by atoms with E-state index in [2.05, 4.69) is 42.5 Å². The molecule has 106 heavy (non-hydrogen) atoms. The van der Waals surface area contributed by atoms with E-state index in [-0.39, 0.29) is 103 Å². The first-order valence-corrected chi connectivity index (χ1v) is 37.6. The van der Waals surface area contributed by atoms with E-state index < -0.39 is 107 Å². The van der Waals surface area contributed by atoms with Crippen LogP contribution in [0.25, 0.3) is 22.3 Å². The van der Waals surface area contributed by atoms with Gasteiger partial charge in [0.1, 0.15) is 23.0 Å². The molecule has 8 amide bonds. The van der Waals surface area contributed by atoms with Crippen molar-refractivity contribution in [2.75, 3.05) is 0 Å². The number of hydrogen-bond acceptors (Lipinski definition) is 12. The molecule has 16 atom stereocenters. The Morgan fingerprint density at radius 2 is 0.415 bits per heavy atom. The fraction of sp³-hybridized carbons (Fsp3) is 0.419. The summed E-state index contributed by atoms with van der Waals surface area (Å²) in [7, 11) is 0. The number of phenolic OH excluding ortho intramolecular Hbond substituents is 2. The Morgan fingerprint density at radius 3 is 0.604 bits per heavy atom. The summed E-state index contributed by atoms with van der Waals surface area (Å²) in [4.78, 5) is 120. The zero-order chi connectivity index (χ0) is 75.4. The van der Waals surface area contributed by atoms with Crippen molar-refractivity contribution >= 4 is 47.3 Å². The number of carbonyl (C=O) groups excluding carboxylic acids is 8. The van der Waals surface area contributed by atoms with E-state index >= 15 is 19.2 Å². The molecular formula is C86H98N8O12. The van der Waals surface area contributed by atoms with E-state index in [9.17, 15) is 29.4 Å². The molecule has 12 aliphatic rings. The molecule has 0 aromatic heterocycles. The van der Waals surface area contributed by atoms with Crippen molar-refractivity contribution in [1.29, 1.82) is 0 Å². The highest BCUT2D eigenvalue weighted by Gasteiger charge is 2.42. The van der Waals surface area contributed by atoms with Crippen LogP contribution in [0.5, 0.6) is 34.5 Å².